The minimum atomic E-state index is 0. The summed E-state index contributed by atoms with van der Waals surface area (Å²) in [6.45, 7) is 6.42. The summed E-state index contributed by atoms with van der Waals surface area (Å²) < 4.78 is 0. The molecule has 152 valence electrons. The predicted octanol–water partition coefficient (Wildman–Crippen LogP) is 2.26. The summed E-state index contributed by atoms with van der Waals surface area (Å²) in [5.74, 6) is 0.0855. The molecule has 1 aromatic carbocycles. The summed E-state index contributed by atoms with van der Waals surface area (Å²) in [5, 5.41) is 10.7. The molecule has 1 aromatic heterocycles. The van der Waals surface area contributed by atoms with E-state index < -0.39 is 0 Å². The smallest absolute Gasteiger partial charge is 0.274 e. The topological polar surface area (TPSA) is 64.3 Å². The maximum absolute atomic E-state index is 13.0. The number of nitrogens with one attached hydrogen (secondary N) is 2. The van der Waals surface area contributed by atoms with Crippen molar-refractivity contribution in [3.63, 3.8) is 0 Å². The van der Waals surface area contributed by atoms with E-state index in [4.69, 9.17) is 0 Å². The van der Waals surface area contributed by atoms with Crippen LogP contribution in [0.5, 0.6) is 0 Å². The van der Waals surface area contributed by atoms with Crippen LogP contribution < -0.4 is 5.32 Å². The summed E-state index contributed by atoms with van der Waals surface area (Å²) in [5.41, 5.74) is 4.21. The monoisotopic (exact) mass is 403 g/mol. The number of rotatable bonds is 5. The predicted molar refractivity (Wildman–Crippen MR) is 113 cm³/mol. The van der Waals surface area contributed by atoms with Crippen LogP contribution in [0.15, 0.2) is 30.3 Å². The molecule has 2 aliphatic rings. The van der Waals surface area contributed by atoms with E-state index in [1.54, 1.807) is 0 Å². The van der Waals surface area contributed by atoms with Gasteiger partial charge < -0.3 is 15.1 Å². The molecule has 28 heavy (non-hydrogen) atoms. The molecule has 1 amide bonds. The number of aromatic nitrogens is 2. The van der Waals surface area contributed by atoms with E-state index in [9.17, 15) is 4.79 Å². The van der Waals surface area contributed by atoms with Gasteiger partial charge in [0.25, 0.3) is 5.91 Å². The number of aromatic amines is 1. The molecule has 3 heterocycles. The highest BCUT2D eigenvalue weighted by atomic mass is 35.5. The Balaban J connectivity index is 0.00000225. The standard InChI is InChI=1S/C21H29N5O.ClH/c27-21(20-18-16-22-10-9-19(18)23-24-20)26-13-5-12-25(14-15-26)11-4-8-17-6-2-1-3-7-17;/h1-3,6-7,22H,4-5,8-16H2,(H,23,24);1H. The van der Waals surface area contributed by atoms with Crippen LogP contribution in [-0.4, -0.2) is 65.2 Å². The van der Waals surface area contributed by atoms with Gasteiger partial charge in [-0.1, -0.05) is 30.3 Å². The second-order valence-electron chi connectivity index (χ2n) is 7.53. The summed E-state index contributed by atoms with van der Waals surface area (Å²) in [7, 11) is 0. The van der Waals surface area contributed by atoms with Gasteiger partial charge in [0.2, 0.25) is 0 Å². The van der Waals surface area contributed by atoms with Crippen LogP contribution in [0.2, 0.25) is 0 Å². The van der Waals surface area contributed by atoms with Crippen molar-refractivity contribution in [3.05, 3.63) is 52.8 Å². The lowest BCUT2D eigenvalue weighted by Crippen LogP contribution is -2.36. The third kappa shape index (κ3) is 4.93. The van der Waals surface area contributed by atoms with Crippen LogP contribution in [0.1, 0.15) is 40.2 Å². The number of H-pyrrole nitrogens is 1. The zero-order chi connectivity index (χ0) is 18.5. The molecule has 6 nitrogen and oxygen atoms in total. The Morgan fingerprint density at radius 2 is 1.96 bits per heavy atom. The van der Waals surface area contributed by atoms with Crippen molar-refractivity contribution in [1.82, 2.24) is 25.3 Å². The van der Waals surface area contributed by atoms with Gasteiger partial charge in [-0.3, -0.25) is 9.89 Å². The number of carbonyl (C=O) groups excluding carboxylic acids is 1. The number of halogens is 1. The van der Waals surface area contributed by atoms with Crippen LogP contribution in [0.3, 0.4) is 0 Å². The van der Waals surface area contributed by atoms with Gasteiger partial charge in [0.15, 0.2) is 5.69 Å². The Labute approximate surface area is 173 Å². The summed E-state index contributed by atoms with van der Waals surface area (Å²) in [6, 6.07) is 10.7. The lowest BCUT2D eigenvalue weighted by Gasteiger charge is -2.22. The zero-order valence-corrected chi connectivity index (χ0v) is 17.1. The number of hydrogen-bond donors (Lipinski definition) is 2. The van der Waals surface area contributed by atoms with Gasteiger partial charge in [-0.05, 0) is 37.9 Å². The number of amides is 1. The fourth-order valence-electron chi connectivity index (χ4n) is 4.10. The molecule has 2 aromatic rings. The van der Waals surface area contributed by atoms with Gasteiger partial charge >= 0.3 is 0 Å². The number of nitrogens with zero attached hydrogens (tertiary/aromatic N) is 3. The summed E-state index contributed by atoms with van der Waals surface area (Å²) in [6.07, 6.45) is 4.23. The third-order valence-corrected chi connectivity index (χ3v) is 5.67. The van der Waals surface area contributed by atoms with Gasteiger partial charge in [0, 0.05) is 50.4 Å². The first-order valence-corrected chi connectivity index (χ1v) is 10.1. The van der Waals surface area contributed by atoms with Gasteiger partial charge in [0.1, 0.15) is 0 Å². The van der Waals surface area contributed by atoms with E-state index in [1.165, 1.54) is 5.56 Å². The molecule has 0 unspecified atom stereocenters. The average molecular weight is 404 g/mol. The van der Waals surface area contributed by atoms with Gasteiger partial charge in [-0.25, -0.2) is 0 Å². The maximum Gasteiger partial charge on any atom is 0.274 e. The molecule has 7 heteroatoms. The second-order valence-corrected chi connectivity index (χ2v) is 7.53. The Morgan fingerprint density at radius 1 is 1.11 bits per heavy atom. The normalized spacial score (nSPS) is 17.5. The van der Waals surface area contributed by atoms with Gasteiger partial charge in [-0.2, -0.15) is 5.10 Å². The molecule has 4 rings (SSSR count). The lowest BCUT2D eigenvalue weighted by molar-refractivity contribution is 0.0754. The van der Waals surface area contributed by atoms with E-state index >= 15 is 0 Å². The van der Waals surface area contributed by atoms with Crippen molar-refractivity contribution in [2.75, 3.05) is 39.3 Å². The molecule has 2 aliphatic heterocycles. The molecule has 0 atom stereocenters. The molecule has 0 spiro atoms. The Hall–Kier alpha value is -1.89. The van der Waals surface area contributed by atoms with Gasteiger partial charge in [-0.15, -0.1) is 12.4 Å². The third-order valence-electron chi connectivity index (χ3n) is 5.67. The lowest BCUT2D eigenvalue weighted by atomic mass is 10.1. The Kier molecular flexibility index (Phi) is 7.48. The van der Waals surface area contributed by atoms with Crippen LogP contribution in [0.25, 0.3) is 0 Å². The molecule has 1 saturated heterocycles. The first-order valence-electron chi connectivity index (χ1n) is 10.1. The van der Waals surface area contributed by atoms with E-state index in [0.717, 1.165) is 82.8 Å². The minimum absolute atomic E-state index is 0. The van der Waals surface area contributed by atoms with Crippen molar-refractivity contribution in [2.45, 2.75) is 32.2 Å². The van der Waals surface area contributed by atoms with Crippen LogP contribution in [0.4, 0.5) is 0 Å². The number of carbonyl (C=O) groups is 1. The van der Waals surface area contributed by atoms with Gasteiger partial charge in [0.05, 0.1) is 0 Å². The molecular formula is C21H30ClN5O. The number of benzene rings is 1. The average Bonchev–Trinajstić information content (AvgIpc) is 3.00. The fourth-order valence-corrected chi connectivity index (χ4v) is 4.10. The number of fused-ring (bicyclic) bond motifs is 1. The second kappa shape index (κ2) is 10.0. The van der Waals surface area contributed by atoms with Crippen molar-refractivity contribution >= 4 is 18.3 Å². The largest absolute Gasteiger partial charge is 0.336 e. The maximum atomic E-state index is 13.0. The van der Waals surface area contributed by atoms with Crippen molar-refractivity contribution < 1.29 is 4.79 Å². The quantitative estimate of drug-likeness (QED) is 0.803. The highest BCUT2D eigenvalue weighted by Crippen LogP contribution is 2.18. The Morgan fingerprint density at radius 3 is 2.82 bits per heavy atom. The van der Waals surface area contributed by atoms with E-state index in [1.807, 2.05) is 4.90 Å². The van der Waals surface area contributed by atoms with E-state index in [-0.39, 0.29) is 18.3 Å². The van der Waals surface area contributed by atoms with E-state index in [0.29, 0.717) is 5.69 Å². The number of aryl methyl sites for hydroxylation is 1. The van der Waals surface area contributed by atoms with Crippen molar-refractivity contribution in [1.29, 1.82) is 0 Å². The van der Waals surface area contributed by atoms with Crippen molar-refractivity contribution in [2.24, 2.45) is 0 Å². The van der Waals surface area contributed by atoms with Crippen LogP contribution in [0, 0.1) is 0 Å². The molecule has 0 aliphatic carbocycles. The number of hydrogen-bond acceptors (Lipinski definition) is 4. The highest BCUT2D eigenvalue weighted by molar-refractivity contribution is 5.94. The highest BCUT2D eigenvalue weighted by Gasteiger charge is 2.26. The van der Waals surface area contributed by atoms with Crippen molar-refractivity contribution in [3.8, 4) is 0 Å². The van der Waals surface area contributed by atoms with E-state index in [2.05, 4.69) is 50.7 Å². The van der Waals surface area contributed by atoms with Crippen LogP contribution >= 0.6 is 12.4 Å². The molecule has 0 saturated carbocycles. The SMILES string of the molecule is Cl.O=C(c1n[nH]c2c1CNCC2)N1CCCN(CCCc2ccccc2)CC1. The minimum Gasteiger partial charge on any atom is -0.336 e. The zero-order valence-electron chi connectivity index (χ0n) is 16.3. The molecular weight excluding hydrogens is 374 g/mol. The molecule has 0 radical (unpaired) electrons. The first-order chi connectivity index (χ1) is 13.3. The van der Waals surface area contributed by atoms with Crippen LogP contribution in [-0.2, 0) is 19.4 Å². The summed E-state index contributed by atoms with van der Waals surface area (Å²) >= 11 is 0. The Bertz CT molecular complexity index is 763. The fraction of sp³-hybridized carbons (Fsp3) is 0.524. The molecule has 1 fully saturated rings. The molecule has 0 bridgehead atoms. The first kappa shape index (κ1) is 20.8. The summed E-state index contributed by atoms with van der Waals surface area (Å²) in [4.78, 5) is 17.5. The molecule has 2 N–H and O–H groups in total.